The van der Waals surface area contributed by atoms with Gasteiger partial charge in [0.15, 0.2) is 0 Å². The summed E-state index contributed by atoms with van der Waals surface area (Å²) < 4.78 is 5.46. The van der Waals surface area contributed by atoms with E-state index in [1.165, 1.54) is 31.5 Å². The van der Waals surface area contributed by atoms with Crippen molar-refractivity contribution in [2.45, 2.75) is 38.8 Å². The largest absolute Gasteiger partial charge is 0.496 e. The Balaban J connectivity index is 2.24. The second-order valence-corrected chi connectivity index (χ2v) is 5.73. The van der Waals surface area contributed by atoms with Crippen LogP contribution in [0.4, 0.5) is 0 Å². The smallest absolute Gasteiger partial charge is 0.123 e. The lowest BCUT2D eigenvalue weighted by atomic mass is 9.93. The van der Waals surface area contributed by atoms with Crippen molar-refractivity contribution in [1.29, 1.82) is 0 Å². The van der Waals surface area contributed by atoms with Crippen LogP contribution in [0.2, 0.25) is 0 Å². The minimum absolute atomic E-state index is 0.300. The van der Waals surface area contributed by atoms with Gasteiger partial charge in [-0.25, -0.2) is 0 Å². The van der Waals surface area contributed by atoms with Gasteiger partial charge in [-0.3, -0.25) is 4.90 Å². The van der Waals surface area contributed by atoms with Crippen molar-refractivity contribution in [1.82, 2.24) is 4.90 Å². The number of methoxy groups -OCH3 is 1. The van der Waals surface area contributed by atoms with Crippen molar-refractivity contribution < 1.29 is 4.74 Å². The van der Waals surface area contributed by atoms with Gasteiger partial charge in [0.25, 0.3) is 0 Å². The fourth-order valence-electron chi connectivity index (χ4n) is 2.48. The van der Waals surface area contributed by atoms with E-state index in [4.69, 9.17) is 10.5 Å². The molecule has 0 unspecified atom stereocenters. The van der Waals surface area contributed by atoms with Crippen LogP contribution in [0.5, 0.6) is 5.75 Å². The second kappa shape index (κ2) is 5.29. The molecule has 0 saturated carbocycles. The topological polar surface area (TPSA) is 38.5 Å². The molecule has 0 aromatic heterocycles. The van der Waals surface area contributed by atoms with Crippen LogP contribution in [0, 0.1) is 0 Å². The second-order valence-electron chi connectivity index (χ2n) is 5.73. The van der Waals surface area contributed by atoms with Crippen molar-refractivity contribution in [3.8, 4) is 5.75 Å². The zero-order valence-electron chi connectivity index (χ0n) is 11.7. The zero-order chi connectivity index (χ0) is 13.2. The number of nitrogens with zero attached hydrogens (tertiary/aromatic N) is 1. The molecule has 1 aromatic carbocycles. The van der Waals surface area contributed by atoms with Gasteiger partial charge >= 0.3 is 0 Å². The summed E-state index contributed by atoms with van der Waals surface area (Å²) in [6, 6.07) is 6.29. The Morgan fingerprint density at radius 1 is 1.28 bits per heavy atom. The molecule has 100 valence electrons. The van der Waals surface area contributed by atoms with E-state index in [1.54, 1.807) is 7.11 Å². The third kappa shape index (κ3) is 3.03. The van der Waals surface area contributed by atoms with E-state index in [-0.39, 0.29) is 5.54 Å². The van der Waals surface area contributed by atoms with E-state index < -0.39 is 0 Å². The van der Waals surface area contributed by atoms with Gasteiger partial charge in [-0.2, -0.15) is 0 Å². The first kappa shape index (κ1) is 13.4. The van der Waals surface area contributed by atoms with Crippen LogP contribution in [0.15, 0.2) is 18.2 Å². The Morgan fingerprint density at radius 3 is 2.50 bits per heavy atom. The summed E-state index contributed by atoms with van der Waals surface area (Å²) in [5, 5.41) is 0. The lowest BCUT2D eigenvalue weighted by molar-refractivity contribution is 0.320. The molecular formula is C15H24N2O. The number of ether oxygens (including phenoxy) is 1. The summed E-state index contributed by atoms with van der Waals surface area (Å²) in [4.78, 5) is 2.48. The van der Waals surface area contributed by atoms with E-state index in [9.17, 15) is 0 Å². The molecule has 0 radical (unpaired) electrons. The summed E-state index contributed by atoms with van der Waals surface area (Å²) >= 11 is 0. The maximum Gasteiger partial charge on any atom is 0.123 e. The number of rotatable bonds is 4. The maximum absolute atomic E-state index is 6.17. The average molecular weight is 248 g/mol. The highest BCUT2D eigenvalue weighted by atomic mass is 16.5. The number of hydrogen-bond acceptors (Lipinski definition) is 3. The van der Waals surface area contributed by atoms with E-state index in [1.807, 2.05) is 19.9 Å². The fourth-order valence-corrected chi connectivity index (χ4v) is 2.48. The van der Waals surface area contributed by atoms with Crippen LogP contribution in [-0.2, 0) is 12.1 Å². The van der Waals surface area contributed by atoms with Crippen molar-refractivity contribution in [2.75, 3.05) is 20.2 Å². The average Bonchev–Trinajstić information content (AvgIpc) is 2.80. The molecule has 1 aromatic rings. The van der Waals surface area contributed by atoms with E-state index >= 15 is 0 Å². The number of benzene rings is 1. The Morgan fingerprint density at radius 2 is 1.94 bits per heavy atom. The summed E-state index contributed by atoms with van der Waals surface area (Å²) in [5.74, 6) is 0.968. The lowest BCUT2D eigenvalue weighted by Crippen LogP contribution is -2.29. The highest BCUT2D eigenvalue weighted by molar-refractivity contribution is 5.39. The first-order chi connectivity index (χ1) is 8.50. The first-order valence-corrected chi connectivity index (χ1v) is 6.69. The van der Waals surface area contributed by atoms with E-state index in [0.717, 1.165) is 17.9 Å². The van der Waals surface area contributed by atoms with Crippen molar-refractivity contribution in [3.63, 3.8) is 0 Å². The summed E-state index contributed by atoms with van der Waals surface area (Å²) in [5.41, 5.74) is 8.28. The van der Waals surface area contributed by atoms with Crippen molar-refractivity contribution >= 4 is 0 Å². The number of nitrogens with two attached hydrogens (primary N) is 1. The fraction of sp³-hybridized carbons (Fsp3) is 0.600. The standard InChI is InChI=1S/C15H24N2O/c1-15(2,16)13-6-7-14(18-3)12(10-13)11-17-8-4-5-9-17/h6-7,10H,4-5,8-9,11,16H2,1-3H3. The molecule has 0 aliphatic carbocycles. The minimum atomic E-state index is -0.300. The van der Waals surface area contributed by atoms with Gasteiger partial charge in [0, 0.05) is 17.6 Å². The molecule has 0 atom stereocenters. The lowest BCUT2D eigenvalue weighted by Gasteiger charge is -2.23. The van der Waals surface area contributed by atoms with Crippen LogP contribution < -0.4 is 10.5 Å². The van der Waals surface area contributed by atoms with Gasteiger partial charge in [0.1, 0.15) is 5.75 Å². The van der Waals surface area contributed by atoms with Gasteiger partial charge in [-0.15, -0.1) is 0 Å². The van der Waals surface area contributed by atoms with E-state index in [0.29, 0.717) is 0 Å². The molecule has 1 aliphatic heterocycles. The predicted octanol–water partition coefficient (Wildman–Crippen LogP) is 2.48. The van der Waals surface area contributed by atoms with Crippen LogP contribution in [0.3, 0.4) is 0 Å². The van der Waals surface area contributed by atoms with Crippen LogP contribution in [0.1, 0.15) is 37.8 Å². The van der Waals surface area contributed by atoms with Gasteiger partial charge < -0.3 is 10.5 Å². The minimum Gasteiger partial charge on any atom is -0.496 e. The normalized spacial score (nSPS) is 17.1. The van der Waals surface area contributed by atoms with Crippen LogP contribution in [-0.4, -0.2) is 25.1 Å². The molecule has 1 heterocycles. The quantitative estimate of drug-likeness (QED) is 0.889. The third-order valence-electron chi connectivity index (χ3n) is 3.62. The maximum atomic E-state index is 6.17. The molecule has 1 saturated heterocycles. The first-order valence-electron chi connectivity index (χ1n) is 6.69. The van der Waals surface area contributed by atoms with Gasteiger partial charge in [-0.05, 0) is 57.5 Å². The van der Waals surface area contributed by atoms with Gasteiger partial charge in [-0.1, -0.05) is 6.07 Å². The molecule has 3 heteroatoms. The van der Waals surface area contributed by atoms with Crippen LogP contribution in [0.25, 0.3) is 0 Å². The van der Waals surface area contributed by atoms with Crippen molar-refractivity contribution in [3.05, 3.63) is 29.3 Å². The van der Waals surface area contributed by atoms with Crippen LogP contribution >= 0.6 is 0 Å². The summed E-state index contributed by atoms with van der Waals surface area (Å²) in [6.07, 6.45) is 2.62. The van der Waals surface area contributed by atoms with Gasteiger partial charge in [0.05, 0.1) is 7.11 Å². The molecule has 2 rings (SSSR count). The molecule has 0 spiro atoms. The summed E-state index contributed by atoms with van der Waals surface area (Å²) in [7, 11) is 1.73. The molecule has 1 aliphatic rings. The monoisotopic (exact) mass is 248 g/mol. The highest BCUT2D eigenvalue weighted by Gasteiger charge is 2.18. The summed E-state index contributed by atoms with van der Waals surface area (Å²) in [6.45, 7) is 7.43. The van der Waals surface area contributed by atoms with E-state index in [2.05, 4.69) is 17.0 Å². The Kier molecular flexibility index (Phi) is 3.93. The SMILES string of the molecule is COc1ccc(C(C)(C)N)cc1CN1CCCC1. The molecule has 1 fully saturated rings. The third-order valence-corrected chi connectivity index (χ3v) is 3.62. The Labute approximate surface area is 110 Å². The Hall–Kier alpha value is -1.06. The molecular weight excluding hydrogens is 224 g/mol. The predicted molar refractivity (Wildman–Crippen MR) is 74.7 cm³/mol. The number of hydrogen-bond donors (Lipinski definition) is 1. The van der Waals surface area contributed by atoms with Gasteiger partial charge in [0.2, 0.25) is 0 Å². The molecule has 0 amide bonds. The zero-order valence-corrected chi connectivity index (χ0v) is 11.7. The number of likely N-dealkylation sites (tertiary alicyclic amines) is 1. The highest BCUT2D eigenvalue weighted by Crippen LogP contribution is 2.27. The molecule has 2 N–H and O–H groups in total. The van der Waals surface area contributed by atoms with Crippen molar-refractivity contribution in [2.24, 2.45) is 5.73 Å². The Bertz CT molecular complexity index is 403. The molecule has 0 bridgehead atoms. The molecule has 18 heavy (non-hydrogen) atoms. The molecule has 3 nitrogen and oxygen atoms in total.